The Hall–Kier alpha value is -2.27. The molecule has 2 N–H and O–H groups in total. The molecule has 0 unspecified atom stereocenters. The maximum Gasteiger partial charge on any atom is 0.352 e. The lowest BCUT2D eigenvalue weighted by Crippen LogP contribution is -2.10. The zero-order valence-corrected chi connectivity index (χ0v) is 9.76. The van der Waals surface area contributed by atoms with E-state index in [0.717, 1.165) is 0 Å². The molecule has 2 rings (SSSR count). The van der Waals surface area contributed by atoms with Gasteiger partial charge in [-0.1, -0.05) is 11.6 Å². The zero-order chi connectivity index (χ0) is 13.3. The third-order valence-corrected chi connectivity index (χ3v) is 2.65. The Morgan fingerprint density at radius 2 is 1.83 bits per heavy atom. The summed E-state index contributed by atoms with van der Waals surface area (Å²) in [5.41, 5.74) is 0.176. The minimum absolute atomic E-state index is 0.0156. The maximum absolute atomic E-state index is 11.1. The summed E-state index contributed by atoms with van der Waals surface area (Å²) in [6.07, 6.45) is 1.47. The van der Waals surface area contributed by atoms with E-state index in [9.17, 15) is 9.59 Å². The maximum atomic E-state index is 11.1. The van der Waals surface area contributed by atoms with E-state index >= 15 is 0 Å². The number of aromatic nitrogens is 1. The van der Waals surface area contributed by atoms with Crippen molar-refractivity contribution in [2.45, 2.75) is 0 Å². The molecule has 0 amide bonds. The lowest BCUT2D eigenvalue weighted by Gasteiger charge is -2.10. The van der Waals surface area contributed by atoms with Crippen LogP contribution in [0.15, 0.2) is 36.5 Å². The molecule has 1 aromatic carbocycles. The minimum atomic E-state index is -1.15. The second-order valence-corrected chi connectivity index (χ2v) is 3.97. The molecular formula is C12H8ClNO4. The fraction of sp³-hybridized carbons (Fsp3) is 0. The van der Waals surface area contributed by atoms with Crippen LogP contribution in [-0.2, 0) is 0 Å². The highest BCUT2D eigenvalue weighted by molar-refractivity contribution is 6.30. The Balaban J connectivity index is 2.69. The number of halogens is 1. The van der Waals surface area contributed by atoms with Crippen LogP contribution in [0.2, 0.25) is 5.02 Å². The third-order valence-electron chi connectivity index (χ3n) is 2.42. The van der Waals surface area contributed by atoms with Gasteiger partial charge in [0.1, 0.15) is 5.69 Å². The Morgan fingerprint density at radius 3 is 2.44 bits per heavy atom. The first-order chi connectivity index (χ1) is 8.50. The van der Waals surface area contributed by atoms with Crippen molar-refractivity contribution in [2.24, 2.45) is 0 Å². The van der Waals surface area contributed by atoms with Gasteiger partial charge in [0.15, 0.2) is 0 Å². The molecule has 0 radical (unpaired) electrons. The molecule has 0 fully saturated rings. The summed E-state index contributed by atoms with van der Waals surface area (Å²) in [5.74, 6) is -2.29. The first-order valence-electron chi connectivity index (χ1n) is 4.94. The van der Waals surface area contributed by atoms with Crippen molar-refractivity contribution in [3.8, 4) is 5.69 Å². The molecule has 0 aliphatic rings. The molecule has 0 saturated carbocycles. The number of rotatable bonds is 3. The Morgan fingerprint density at radius 1 is 1.11 bits per heavy atom. The molecule has 0 aliphatic carbocycles. The monoisotopic (exact) mass is 265 g/mol. The zero-order valence-electron chi connectivity index (χ0n) is 9.00. The van der Waals surface area contributed by atoms with Gasteiger partial charge in [0.25, 0.3) is 0 Å². The van der Waals surface area contributed by atoms with E-state index in [1.165, 1.54) is 41.1 Å². The average molecular weight is 266 g/mol. The third kappa shape index (κ3) is 2.08. The summed E-state index contributed by atoms with van der Waals surface area (Å²) in [5, 5.41) is 18.4. The molecular weight excluding hydrogens is 258 g/mol. The van der Waals surface area contributed by atoms with E-state index in [0.29, 0.717) is 5.02 Å². The van der Waals surface area contributed by atoms with Crippen LogP contribution in [0.1, 0.15) is 20.8 Å². The molecule has 0 aliphatic heterocycles. The van der Waals surface area contributed by atoms with E-state index in [4.69, 9.17) is 21.8 Å². The van der Waals surface area contributed by atoms with Gasteiger partial charge in [-0.2, -0.15) is 0 Å². The average Bonchev–Trinajstić information content (AvgIpc) is 2.77. The lowest BCUT2D eigenvalue weighted by atomic mass is 10.1. The van der Waals surface area contributed by atoms with Gasteiger partial charge in [-0.05, 0) is 30.3 Å². The standard InChI is InChI=1S/C12H8ClNO4/c13-7-3-4-8(11(15)16)10(6-7)14-5-1-2-9(14)12(17)18/h1-6H,(H,15,16)(H,17,18). The fourth-order valence-electron chi connectivity index (χ4n) is 1.65. The van der Waals surface area contributed by atoms with Gasteiger partial charge in [0, 0.05) is 11.2 Å². The van der Waals surface area contributed by atoms with Crippen molar-refractivity contribution in [1.82, 2.24) is 4.57 Å². The number of carboxylic acids is 2. The SMILES string of the molecule is O=C(O)c1ccc(Cl)cc1-n1cccc1C(=O)O. The lowest BCUT2D eigenvalue weighted by molar-refractivity contribution is 0.0676. The molecule has 92 valence electrons. The molecule has 0 saturated heterocycles. The van der Waals surface area contributed by atoms with Gasteiger partial charge < -0.3 is 14.8 Å². The summed E-state index contributed by atoms with van der Waals surface area (Å²) < 4.78 is 1.28. The van der Waals surface area contributed by atoms with E-state index in [-0.39, 0.29) is 16.9 Å². The summed E-state index contributed by atoms with van der Waals surface area (Å²) in [7, 11) is 0. The topological polar surface area (TPSA) is 79.5 Å². The van der Waals surface area contributed by atoms with Crippen molar-refractivity contribution in [1.29, 1.82) is 0 Å². The highest BCUT2D eigenvalue weighted by Gasteiger charge is 2.16. The van der Waals surface area contributed by atoms with Crippen molar-refractivity contribution >= 4 is 23.5 Å². The molecule has 2 aromatic rings. The molecule has 0 bridgehead atoms. The van der Waals surface area contributed by atoms with Crippen LogP contribution in [0, 0.1) is 0 Å². The van der Waals surface area contributed by atoms with Gasteiger partial charge in [0.05, 0.1) is 11.3 Å². The van der Waals surface area contributed by atoms with Crippen LogP contribution >= 0.6 is 11.6 Å². The predicted octanol–water partition coefficient (Wildman–Crippen LogP) is 2.53. The van der Waals surface area contributed by atoms with Gasteiger partial charge in [0.2, 0.25) is 0 Å². The van der Waals surface area contributed by atoms with Crippen LogP contribution in [0.3, 0.4) is 0 Å². The van der Waals surface area contributed by atoms with Crippen molar-refractivity contribution < 1.29 is 19.8 Å². The van der Waals surface area contributed by atoms with Gasteiger partial charge in [-0.3, -0.25) is 0 Å². The van der Waals surface area contributed by atoms with Gasteiger partial charge >= 0.3 is 11.9 Å². The Kier molecular flexibility index (Phi) is 3.08. The number of aromatic carboxylic acids is 2. The highest BCUT2D eigenvalue weighted by atomic mass is 35.5. The quantitative estimate of drug-likeness (QED) is 0.894. The summed E-state index contributed by atoms with van der Waals surface area (Å²) >= 11 is 5.82. The molecule has 1 aromatic heterocycles. The summed E-state index contributed by atoms with van der Waals surface area (Å²) in [4.78, 5) is 22.1. The number of carboxylic acid groups (broad SMARTS) is 2. The second-order valence-electron chi connectivity index (χ2n) is 3.54. The second kappa shape index (κ2) is 4.54. The van der Waals surface area contributed by atoms with Crippen LogP contribution < -0.4 is 0 Å². The smallest absolute Gasteiger partial charge is 0.352 e. The van der Waals surface area contributed by atoms with Crippen molar-refractivity contribution in [3.05, 3.63) is 52.8 Å². The summed E-state index contributed by atoms with van der Waals surface area (Å²) in [6, 6.07) is 7.10. The summed E-state index contributed by atoms with van der Waals surface area (Å²) in [6.45, 7) is 0. The largest absolute Gasteiger partial charge is 0.478 e. The van der Waals surface area contributed by atoms with Crippen LogP contribution in [0.4, 0.5) is 0 Å². The van der Waals surface area contributed by atoms with E-state index in [1.54, 1.807) is 0 Å². The van der Waals surface area contributed by atoms with Crippen LogP contribution in [0.5, 0.6) is 0 Å². The van der Waals surface area contributed by atoms with Gasteiger partial charge in [-0.15, -0.1) is 0 Å². The highest BCUT2D eigenvalue weighted by Crippen LogP contribution is 2.22. The molecule has 1 heterocycles. The Bertz CT molecular complexity index is 633. The van der Waals surface area contributed by atoms with Crippen molar-refractivity contribution in [3.63, 3.8) is 0 Å². The molecule has 0 spiro atoms. The van der Waals surface area contributed by atoms with Crippen molar-refractivity contribution in [2.75, 3.05) is 0 Å². The fourth-order valence-corrected chi connectivity index (χ4v) is 1.82. The molecule has 6 heteroatoms. The molecule has 5 nitrogen and oxygen atoms in total. The predicted molar refractivity (Wildman–Crippen MR) is 64.7 cm³/mol. The molecule has 0 atom stereocenters. The van der Waals surface area contributed by atoms with E-state index < -0.39 is 11.9 Å². The number of hydrogen-bond acceptors (Lipinski definition) is 2. The number of hydrogen-bond donors (Lipinski definition) is 2. The van der Waals surface area contributed by atoms with Gasteiger partial charge in [-0.25, -0.2) is 9.59 Å². The van der Waals surface area contributed by atoms with Crippen LogP contribution in [0.25, 0.3) is 5.69 Å². The van der Waals surface area contributed by atoms with E-state index in [2.05, 4.69) is 0 Å². The minimum Gasteiger partial charge on any atom is -0.478 e. The number of nitrogens with zero attached hydrogens (tertiary/aromatic N) is 1. The Labute approximate surface area is 107 Å². The van der Waals surface area contributed by atoms with E-state index in [1.807, 2.05) is 0 Å². The first-order valence-corrected chi connectivity index (χ1v) is 5.32. The van der Waals surface area contributed by atoms with Crippen LogP contribution in [-0.4, -0.2) is 26.7 Å². The normalized spacial score (nSPS) is 10.3. The molecule has 18 heavy (non-hydrogen) atoms. The number of benzene rings is 1. The number of carbonyl (C=O) groups is 2. The first kappa shape index (κ1) is 12.2.